The molecule has 86 heavy (non-hydrogen) atoms. The first-order valence-electron chi connectivity index (χ1n) is 35.3. The van der Waals surface area contributed by atoms with Crippen LogP contribution in [0.5, 0.6) is 0 Å². The quantitative estimate of drug-likeness (QED) is 0.0222. The fourth-order valence-electron chi connectivity index (χ4n) is 10.2. The van der Waals surface area contributed by atoms with Crippen LogP contribution in [0.25, 0.3) is 0 Å². The Hall–Kier alpha value is -1.94. The Bertz CT molecular complexity index is 1650. The first kappa shape index (κ1) is 84.1. The number of hydrogen-bond donors (Lipinski definition) is 3. The minimum Gasteiger partial charge on any atom is -0.462 e. The molecule has 0 aromatic heterocycles. The monoisotopic (exact) mass is 1270 g/mol. The number of phosphoric acid groups is 2. The minimum absolute atomic E-state index is 0.105. The van der Waals surface area contributed by atoms with Gasteiger partial charge >= 0.3 is 39.5 Å². The summed E-state index contributed by atoms with van der Waals surface area (Å²) < 4.78 is 68.0. The number of aliphatic hydroxyl groups is 1. The molecule has 0 amide bonds. The summed E-state index contributed by atoms with van der Waals surface area (Å²) in [5.41, 5.74) is 0. The van der Waals surface area contributed by atoms with Crippen LogP contribution in [0.3, 0.4) is 0 Å². The molecule has 3 N–H and O–H groups in total. The first-order valence-corrected chi connectivity index (χ1v) is 38.3. The molecule has 0 saturated carbocycles. The molecule has 5 atom stereocenters. The summed E-state index contributed by atoms with van der Waals surface area (Å²) in [6, 6.07) is 0. The van der Waals surface area contributed by atoms with Crippen LogP contribution in [0.1, 0.15) is 349 Å². The zero-order chi connectivity index (χ0) is 63.3. The lowest BCUT2D eigenvalue weighted by molar-refractivity contribution is -0.161. The van der Waals surface area contributed by atoms with E-state index in [1.807, 2.05) is 0 Å². The van der Waals surface area contributed by atoms with Crippen LogP contribution >= 0.6 is 15.6 Å². The molecule has 0 saturated heterocycles. The SMILES string of the molecule is CCCCCCCCCCCCCCCCCCC(=O)O[C@H](COC(=O)CCCCCCCCCCCCCCCC)COP(=O)(O)OC[C@@H](O)COP(=O)(O)OC[C@@H](COC(=O)CCCCCCCCCC)OC(=O)CCCCCCCCCC. The van der Waals surface area contributed by atoms with Crippen LogP contribution < -0.4 is 0 Å². The summed E-state index contributed by atoms with van der Waals surface area (Å²) >= 11 is 0. The molecule has 0 fully saturated rings. The van der Waals surface area contributed by atoms with E-state index in [4.69, 9.17) is 37.0 Å². The molecular weight excluding hydrogens is 1140 g/mol. The lowest BCUT2D eigenvalue weighted by Crippen LogP contribution is -2.30. The van der Waals surface area contributed by atoms with Gasteiger partial charge in [0.2, 0.25) is 0 Å². The Morgan fingerprint density at radius 3 is 0.686 bits per heavy atom. The Morgan fingerprint density at radius 2 is 0.465 bits per heavy atom. The van der Waals surface area contributed by atoms with Crippen molar-refractivity contribution in [2.45, 2.75) is 367 Å². The van der Waals surface area contributed by atoms with E-state index in [0.29, 0.717) is 25.7 Å². The highest BCUT2D eigenvalue weighted by atomic mass is 31.2. The number of esters is 4. The molecular formula is C67H130O17P2. The topological polar surface area (TPSA) is 237 Å². The van der Waals surface area contributed by atoms with E-state index in [9.17, 15) is 43.2 Å². The third kappa shape index (κ3) is 60.9. The molecule has 19 heteroatoms. The van der Waals surface area contributed by atoms with Crippen LogP contribution in [0.15, 0.2) is 0 Å². The van der Waals surface area contributed by atoms with E-state index in [0.717, 1.165) is 103 Å². The smallest absolute Gasteiger partial charge is 0.462 e. The molecule has 2 unspecified atom stereocenters. The lowest BCUT2D eigenvalue weighted by Gasteiger charge is -2.21. The van der Waals surface area contributed by atoms with Crippen LogP contribution in [0, 0.1) is 0 Å². The number of hydrogen-bond acceptors (Lipinski definition) is 15. The third-order valence-electron chi connectivity index (χ3n) is 15.6. The summed E-state index contributed by atoms with van der Waals surface area (Å²) in [4.78, 5) is 72.2. The third-order valence-corrected chi connectivity index (χ3v) is 17.5. The van der Waals surface area contributed by atoms with Gasteiger partial charge in [0.15, 0.2) is 12.2 Å². The van der Waals surface area contributed by atoms with E-state index in [1.165, 1.54) is 167 Å². The second-order valence-electron chi connectivity index (χ2n) is 24.2. The summed E-state index contributed by atoms with van der Waals surface area (Å²) in [5.74, 6) is -2.13. The van der Waals surface area contributed by atoms with Crippen molar-refractivity contribution in [3.05, 3.63) is 0 Å². The molecule has 0 rings (SSSR count). The zero-order valence-corrected chi connectivity index (χ0v) is 57.1. The van der Waals surface area contributed by atoms with Gasteiger partial charge in [-0.05, 0) is 25.7 Å². The largest absolute Gasteiger partial charge is 0.472 e. The van der Waals surface area contributed by atoms with Gasteiger partial charge in [-0.3, -0.25) is 37.3 Å². The highest BCUT2D eigenvalue weighted by Gasteiger charge is 2.30. The van der Waals surface area contributed by atoms with Crippen molar-refractivity contribution in [2.75, 3.05) is 39.6 Å². The van der Waals surface area contributed by atoms with Crippen molar-refractivity contribution in [1.29, 1.82) is 0 Å². The fourth-order valence-corrected chi connectivity index (χ4v) is 11.7. The molecule has 0 aliphatic carbocycles. The van der Waals surface area contributed by atoms with E-state index in [1.54, 1.807) is 0 Å². The highest BCUT2D eigenvalue weighted by molar-refractivity contribution is 7.47. The van der Waals surface area contributed by atoms with Gasteiger partial charge in [0.05, 0.1) is 26.4 Å². The van der Waals surface area contributed by atoms with Crippen molar-refractivity contribution in [3.63, 3.8) is 0 Å². The van der Waals surface area contributed by atoms with Crippen LogP contribution in [0.4, 0.5) is 0 Å². The molecule has 0 aliphatic rings. The van der Waals surface area contributed by atoms with Gasteiger partial charge in [0.1, 0.15) is 19.3 Å². The van der Waals surface area contributed by atoms with Crippen LogP contribution in [-0.2, 0) is 65.4 Å². The molecule has 0 aromatic carbocycles. The van der Waals surface area contributed by atoms with E-state index in [-0.39, 0.29) is 25.7 Å². The maximum atomic E-state index is 13.0. The second kappa shape index (κ2) is 61.9. The number of carbonyl (C=O) groups excluding carboxylic acids is 4. The summed E-state index contributed by atoms with van der Waals surface area (Å²) in [7, 11) is -9.88. The normalized spacial score (nSPS) is 14.1. The molecule has 0 aliphatic heterocycles. The first-order chi connectivity index (χ1) is 41.7. The highest BCUT2D eigenvalue weighted by Crippen LogP contribution is 2.45. The predicted molar refractivity (Wildman–Crippen MR) is 345 cm³/mol. The van der Waals surface area contributed by atoms with Crippen molar-refractivity contribution < 1.29 is 80.2 Å². The van der Waals surface area contributed by atoms with Crippen molar-refractivity contribution in [2.24, 2.45) is 0 Å². The van der Waals surface area contributed by atoms with Crippen molar-refractivity contribution in [3.8, 4) is 0 Å². The van der Waals surface area contributed by atoms with E-state index < -0.39 is 97.5 Å². The molecule has 0 heterocycles. The number of ether oxygens (including phenoxy) is 4. The maximum Gasteiger partial charge on any atom is 0.472 e. The van der Waals surface area contributed by atoms with Gasteiger partial charge in [-0.2, -0.15) is 0 Å². The van der Waals surface area contributed by atoms with E-state index >= 15 is 0 Å². The van der Waals surface area contributed by atoms with Gasteiger partial charge in [-0.1, -0.05) is 297 Å². The number of carbonyl (C=O) groups is 4. The summed E-state index contributed by atoms with van der Waals surface area (Å²) in [6.45, 7) is 4.87. The predicted octanol–water partition coefficient (Wildman–Crippen LogP) is 19.1. The van der Waals surface area contributed by atoms with Crippen molar-refractivity contribution >= 4 is 39.5 Å². The Balaban J connectivity index is 5.19. The Kier molecular flexibility index (Phi) is 60.5. The minimum atomic E-state index is -4.95. The number of unbranched alkanes of at least 4 members (excludes halogenated alkanes) is 42. The summed E-state index contributed by atoms with van der Waals surface area (Å²) in [5, 5.41) is 10.5. The Morgan fingerprint density at radius 1 is 0.279 bits per heavy atom. The van der Waals surface area contributed by atoms with Gasteiger partial charge in [0.25, 0.3) is 0 Å². The molecule has 0 radical (unpaired) electrons. The number of phosphoric ester groups is 2. The van der Waals surface area contributed by atoms with Gasteiger partial charge < -0.3 is 33.8 Å². The average molecular weight is 1270 g/mol. The molecule has 0 aromatic rings. The summed E-state index contributed by atoms with van der Waals surface area (Å²) in [6.07, 6.45) is 48.6. The van der Waals surface area contributed by atoms with Gasteiger partial charge in [0, 0.05) is 25.7 Å². The molecule has 0 bridgehead atoms. The van der Waals surface area contributed by atoms with Gasteiger partial charge in [-0.15, -0.1) is 0 Å². The van der Waals surface area contributed by atoms with E-state index in [2.05, 4.69) is 27.7 Å². The average Bonchev–Trinajstić information content (AvgIpc) is 3.68. The molecule has 0 spiro atoms. The second-order valence-corrected chi connectivity index (χ2v) is 27.1. The number of rotatable bonds is 68. The van der Waals surface area contributed by atoms with Crippen LogP contribution in [0.2, 0.25) is 0 Å². The maximum absolute atomic E-state index is 13.0. The van der Waals surface area contributed by atoms with Gasteiger partial charge in [-0.25, -0.2) is 9.13 Å². The number of aliphatic hydroxyl groups excluding tert-OH is 1. The molecule has 17 nitrogen and oxygen atoms in total. The standard InChI is InChI=1S/C67H130O17P2/c1-5-9-13-17-21-25-27-29-31-32-34-36-38-42-46-50-54-67(72)84-63(58-78-65(70)52-48-44-41-37-35-33-30-28-26-22-18-14-10-6-2)60-82-86(75,76)80-56-61(68)55-79-85(73,74)81-59-62(83-66(71)53-49-45-40-24-20-16-12-8-4)57-77-64(69)51-47-43-39-23-19-15-11-7-3/h61-63,68H,5-60H2,1-4H3,(H,73,74)(H,75,76)/t61-,62+,63+/m0/s1. The zero-order valence-electron chi connectivity index (χ0n) is 55.3. The lowest BCUT2D eigenvalue weighted by atomic mass is 10.0. The Labute approximate surface area is 524 Å². The fraction of sp³-hybridized carbons (Fsp3) is 0.940. The van der Waals surface area contributed by atoms with Crippen LogP contribution in [-0.4, -0.2) is 96.7 Å². The molecule has 510 valence electrons. The van der Waals surface area contributed by atoms with Crippen molar-refractivity contribution in [1.82, 2.24) is 0 Å².